The maximum atomic E-state index is 11.5. The monoisotopic (exact) mass is 239 g/mol. The number of aromatic amines is 1. The molecule has 2 rings (SSSR count). The van der Waals surface area contributed by atoms with Crippen LogP contribution in [0.4, 0.5) is 0 Å². The van der Waals surface area contributed by atoms with Gasteiger partial charge < -0.3 is 9.55 Å². The summed E-state index contributed by atoms with van der Waals surface area (Å²) in [5, 5.41) is 0. The van der Waals surface area contributed by atoms with E-state index in [4.69, 9.17) is 0 Å². The minimum atomic E-state index is -0.00105. The zero-order valence-corrected chi connectivity index (χ0v) is 10.0. The summed E-state index contributed by atoms with van der Waals surface area (Å²) in [6.07, 6.45) is 6.04. The lowest BCUT2D eigenvalue weighted by molar-refractivity contribution is 0.960. The van der Waals surface area contributed by atoms with E-state index < -0.39 is 0 Å². The number of H-pyrrole nitrogens is 1. The van der Waals surface area contributed by atoms with Crippen molar-refractivity contribution in [3.8, 4) is 5.69 Å². The Labute approximate surface area is 99.8 Å². The third kappa shape index (κ3) is 2.17. The van der Waals surface area contributed by atoms with Crippen molar-refractivity contribution in [2.45, 2.75) is 20.3 Å². The second-order valence-electron chi connectivity index (χ2n) is 3.46. The summed E-state index contributed by atoms with van der Waals surface area (Å²) >= 11 is 0. The molecule has 5 heteroatoms. The van der Waals surface area contributed by atoms with E-state index in [1.165, 1.54) is 0 Å². The van der Waals surface area contributed by atoms with Crippen LogP contribution in [-0.4, -0.2) is 14.5 Å². The molecule has 16 heavy (non-hydrogen) atoms. The zero-order valence-electron chi connectivity index (χ0n) is 9.23. The van der Waals surface area contributed by atoms with E-state index in [1.807, 2.05) is 30.7 Å². The Morgan fingerprint density at radius 1 is 1.50 bits per heavy atom. The molecule has 0 fully saturated rings. The fraction of sp³-hybridized carbons (Fsp3) is 0.273. The molecule has 0 unspecified atom stereocenters. The first-order valence-electron chi connectivity index (χ1n) is 4.93. The number of nitrogens with zero attached hydrogens (tertiary/aromatic N) is 2. The standard InChI is InChI=1S/C11H13N3O.ClH/c1-3-9-6-10(8(2)13-11(9)15)14-5-4-12-7-14;/h4-7H,3H2,1-2H3,(H,13,15);1H. The van der Waals surface area contributed by atoms with Gasteiger partial charge in [0.25, 0.3) is 5.56 Å². The summed E-state index contributed by atoms with van der Waals surface area (Å²) in [6.45, 7) is 3.85. The van der Waals surface area contributed by atoms with Gasteiger partial charge in [-0.15, -0.1) is 12.4 Å². The molecular weight excluding hydrogens is 226 g/mol. The van der Waals surface area contributed by atoms with Gasteiger partial charge in [-0.3, -0.25) is 4.79 Å². The van der Waals surface area contributed by atoms with Gasteiger partial charge in [-0.1, -0.05) is 6.92 Å². The number of nitrogens with one attached hydrogen (secondary N) is 1. The van der Waals surface area contributed by atoms with Crippen molar-refractivity contribution in [3.63, 3.8) is 0 Å². The van der Waals surface area contributed by atoms with Crippen LogP contribution in [0.15, 0.2) is 29.6 Å². The van der Waals surface area contributed by atoms with Crippen LogP contribution in [0.2, 0.25) is 0 Å². The van der Waals surface area contributed by atoms with Crippen LogP contribution in [0.5, 0.6) is 0 Å². The summed E-state index contributed by atoms with van der Waals surface area (Å²) in [4.78, 5) is 18.3. The Kier molecular flexibility index (Phi) is 3.90. The van der Waals surface area contributed by atoms with Crippen LogP contribution in [-0.2, 0) is 6.42 Å². The minimum absolute atomic E-state index is 0. The molecule has 0 saturated carbocycles. The topological polar surface area (TPSA) is 50.7 Å². The van der Waals surface area contributed by atoms with Crippen LogP contribution >= 0.6 is 12.4 Å². The molecule has 0 aromatic carbocycles. The van der Waals surface area contributed by atoms with Crippen LogP contribution < -0.4 is 5.56 Å². The summed E-state index contributed by atoms with van der Waals surface area (Å²) in [5.41, 5.74) is 2.63. The third-order valence-corrected chi connectivity index (χ3v) is 2.45. The van der Waals surface area contributed by atoms with Gasteiger partial charge in [-0.2, -0.15) is 0 Å². The molecule has 2 aromatic rings. The highest BCUT2D eigenvalue weighted by Crippen LogP contribution is 2.10. The molecule has 2 heterocycles. The number of aryl methyl sites for hydroxylation is 2. The molecule has 0 spiro atoms. The minimum Gasteiger partial charge on any atom is -0.324 e. The first-order valence-corrected chi connectivity index (χ1v) is 4.93. The van der Waals surface area contributed by atoms with Gasteiger partial charge in [0.15, 0.2) is 0 Å². The van der Waals surface area contributed by atoms with Gasteiger partial charge in [0, 0.05) is 23.7 Å². The quantitative estimate of drug-likeness (QED) is 0.870. The van der Waals surface area contributed by atoms with E-state index in [1.54, 1.807) is 12.5 Å². The highest BCUT2D eigenvalue weighted by Gasteiger charge is 2.05. The van der Waals surface area contributed by atoms with Crippen molar-refractivity contribution >= 4 is 12.4 Å². The molecule has 0 atom stereocenters. The molecule has 0 aliphatic heterocycles. The van der Waals surface area contributed by atoms with E-state index in [9.17, 15) is 4.79 Å². The molecule has 86 valence electrons. The van der Waals surface area contributed by atoms with Gasteiger partial charge in [-0.25, -0.2) is 4.98 Å². The van der Waals surface area contributed by atoms with Gasteiger partial charge in [0.1, 0.15) is 0 Å². The van der Waals surface area contributed by atoms with Gasteiger partial charge in [0.05, 0.1) is 12.0 Å². The van der Waals surface area contributed by atoms with E-state index in [2.05, 4.69) is 9.97 Å². The molecule has 0 bridgehead atoms. The number of rotatable bonds is 2. The largest absolute Gasteiger partial charge is 0.324 e. The fourth-order valence-electron chi connectivity index (χ4n) is 1.59. The van der Waals surface area contributed by atoms with Crippen molar-refractivity contribution in [2.24, 2.45) is 0 Å². The zero-order chi connectivity index (χ0) is 10.8. The highest BCUT2D eigenvalue weighted by molar-refractivity contribution is 5.85. The SMILES string of the molecule is CCc1cc(-n2ccnc2)c(C)[nH]c1=O.Cl. The maximum Gasteiger partial charge on any atom is 0.251 e. The Hall–Kier alpha value is -1.55. The van der Waals surface area contributed by atoms with Gasteiger partial charge in [-0.05, 0) is 19.4 Å². The van der Waals surface area contributed by atoms with E-state index in [-0.39, 0.29) is 18.0 Å². The Balaban J connectivity index is 0.00000128. The van der Waals surface area contributed by atoms with Crippen LogP contribution in [0.3, 0.4) is 0 Å². The molecular formula is C11H14ClN3O. The number of halogens is 1. The molecule has 2 aromatic heterocycles. The first-order chi connectivity index (χ1) is 7.22. The Morgan fingerprint density at radius 2 is 2.25 bits per heavy atom. The Bertz CT molecular complexity index is 517. The first kappa shape index (κ1) is 12.5. The summed E-state index contributed by atoms with van der Waals surface area (Å²) < 4.78 is 1.89. The smallest absolute Gasteiger partial charge is 0.251 e. The van der Waals surface area contributed by atoms with E-state index in [0.29, 0.717) is 0 Å². The average Bonchev–Trinajstić information content (AvgIpc) is 2.71. The van der Waals surface area contributed by atoms with Crippen LogP contribution in [0.1, 0.15) is 18.2 Å². The number of pyridine rings is 1. The normalized spacial score (nSPS) is 9.88. The van der Waals surface area contributed by atoms with Crippen molar-refractivity contribution < 1.29 is 0 Å². The third-order valence-electron chi connectivity index (χ3n) is 2.45. The lowest BCUT2D eigenvalue weighted by atomic mass is 10.2. The number of hydrogen-bond donors (Lipinski definition) is 1. The number of aromatic nitrogens is 3. The lowest BCUT2D eigenvalue weighted by Crippen LogP contribution is -2.15. The lowest BCUT2D eigenvalue weighted by Gasteiger charge is -2.07. The van der Waals surface area contributed by atoms with Crippen molar-refractivity contribution in [2.75, 3.05) is 0 Å². The molecule has 0 amide bonds. The van der Waals surface area contributed by atoms with E-state index in [0.717, 1.165) is 23.4 Å². The summed E-state index contributed by atoms with van der Waals surface area (Å²) in [6, 6.07) is 1.91. The molecule has 1 N–H and O–H groups in total. The molecule has 0 saturated heterocycles. The fourth-order valence-corrected chi connectivity index (χ4v) is 1.59. The number of imidazole rings is 1. The van der Waals surface area contributed by atoms with Crippen molar-refractivity contribution in [1.82, 2.24) is 14.5 Å². The Morgan fingerprint density at radius 3 is 2.81 bits per heavy atom. The van der Waals surface area contributed by atoms with Crippen molar-refractivity contribution in [1.29, 1.82) is 0 Å². The maximum absolute atomic E-state index is 11.5. The number of hydrogen-bond acceptors (Lipinski definition) is 2. The van der Waals surface area contributed by atoms with Gasteiger partial charge in [0.2, 0.25) is 0 Å². The highest BCUT2D eigenvalue weighted by atomic mass is 35.5. The molecule has 4 nitrogen and oxygen atoms in total. The average molecular weight is 240 g/mol. The van der Waals surface area contributed by atoms with Crippen molar-refractivity contribution in [3.05, 3.63) is 46.4 Å². The van der Waals surface area contributed by atoms with Crippen LogP contribution in [0, 0.1) is 6.92 Å². The molecule has 0 aliphatic rings. The predicted molar refractivity (Wildman–Crippen MR) is 65.5 cm³/mol. The second-order valence-corrected chi connectivity index (χ2v) is 3.46. The molecule has 0 radical (unpaired) electrons. The predicted octanol–water partition coefficient (Wildman–Crippen LogP) is 1.85. The summed E-state index contributed by atoms with van der Waals surface area (Å²) in [7, 11) is 0. The molecule has 0 aliphatic carbocycles. The van der Waals surface area contributed by atoms with Crippen LogP contribution in [0.25, 0.3) is 5.69 Å². The van der Waals surface area contributed by atoms with Gasteiger partial charge >= 0.3 is 0 Å². The second kappa shape index (κ2) is 4.99. The van der Waals surface area contributed by atoms with E-state index >= 15 is 0 Å². The summed E-state index contributed by atoms with van der Waals surface area (Å²) in [5.74, 6) is 0.